The number of hydrogen-bond donors (Lipinski definition) is 1. The summed E-state index contributed by atoms with van der Waals surface area (Å²) in [6.45, 7) is 3.11. The fourth-order valence-corrected chi connectivity index (χ4v) is 2.50. The molecule has 0 fully saturated rings. The Labute approximate surface area is 110 Å². The van der Waals surface area contributed by atoms with Gasteiger partial charge in [0.2, 0.25) is 0 Å². The monoisotopic (exact) mass is 257 g/mol. The lowest BCUT2D eigenvalue weighted by Gasteiger charge is -2.20. The van der Waals surface area contributed by atoms with E-state index in [9.17, 15) is 4.79 Å². The Morgan fingerprint density at radius 1 is 1.42 bits per heavy atom. The summed E-state index contributed by atoms with van der Waals surface area (Å²) in [7, 11) is 0. The highest BCUT2D eigenvalue weighted by molar-refractivity contribution is 5.89. The Morgan fingerprint density at radius 2 is 2.26 bits per heavy atom. The molecule has 2 aromatic rings. The van der Waals surface area contributed by atoms with Gasteiger partial charge >= 0.3 is 5.97 Å². The molecule has 0 saturated carbocycles. The Balaban J connectivity index is 2.05. The van der Waals surface area contributed by atoms with Gasteiger partial charge in [-0.05, 0) is 24.5 Å². The quantitative estimate of drug-likeness (QED) is 0.895. The minimum Gasteiger partial charge on any atom is -0.478 e. The van der Waals surface area contributed by atoms with E-state index in [1.54, 1.807) is 18.2 Å². The largest absolute Gasteiger partial charge is 0.478 e. The van der Waals surface area contributed by atoms with Crippen LogP contribution in [0.5, 0.6) is 0 Å². The summed E-state index contributed by atoms with van der Waals surface area (Å²) in [6.07, 6.45) is 2.07. The third kappa shape index (κ3) is 2.12. The first-order valence-corrected chi connectivity index (χ1v) is 6.41. The van der Waals surface area contributed by atoms with Gasteiger partial charge in [0.1, 0.15) is 5.82 Å². The van der Waals surface area contributed by atoms with Crippen LogP contribution in [0.2, 0.25) is 0 Å². The van der Waals surface area contributed by atoms with Crippen LogP contribution in [0.25, 0.3) is 11.4 Å². The zero-order valence-corrected chi connectivity index (χ0v) is 10.7. The molecule has 0 radical (unpaired) electrons. The lowest BCUT2D eigenvalue weighted by Crippen LogP contribution is -2.18. The lowest BCUT2D eigenvalue weighted by molar-refractivity contribution is 0.0697. The van der Waals surface area contributed by atoms with Crippen molar-refractivity contribution < 1.29 is 9.90 Å². The Morgan fingerprint density at radius 3 is 3.05 bits per heavy atom. The fraction of sp³-hybridized carbons (Fsp3) is 0.357. The van der Waals surface area contributed by atoms with Crippen molar-refractivity contribution in [1.82, 2.24) is 14.8 Å². The molecule has 0 saturated heterocycles. The van der Waals surface area contributed by atoms with E-state index in [1.165, 1.54) is 0 Å². The number of carbonyl (C=O) groups is 1. The van der Waals surface area contributed by atoms with Crippen LogP contribution in [-0.4, -0.2) is 25.8 Å². The molecule has 1 aromatic carbocycles. The van der Waals surface area contributed by atoms with E-state index < -0.39 is 5.97 Å². The third-order valence-corrected chi connectivity index (χ3v) is 3.55. The molecule has 5 nitrogen and oxygen atoms in total. The molecule has 1 aromatic heterocycles. The van der Waals surface area contributed by atoms with E-state index >= 15 is 0 Å². The summed E-state index contributed by atoms with van der Waals surface area (Å²) < 4.78 is 2.11. The number of aryl methyl sites for hydroxylation is 1. The number of benzene rings is 1. The summed E-state index contributed by atoms with van der Waals surface area (Å²) in [4.78, 5) is 11.0. The second kappa shape index (κ2) is 4.50. The van der Waals surface area contributed by atoms with Crippen LogP contribution in [-0.2, 0) is 13.0 Å². The minimum absolute atomic E-state index is 0.277. The van der Waals surface area contributed by atoms with E-state index in [0.717, 1.165) is 36.6 Å². The second-order valence-electron chi connectivity index (χ2n) is 5.08. The SMILES string of the molecule is CC1CCc2nnc(-c3cccc(C(=O)O)c3)n2C1. The lowest BCUT2D eigenvalue weighted by atomic mass is 10.0. The number of nitrogens with zero attached hydrogens (tertiary/aromatic N) is 3. The van der Waals surface area contributed by atoms with E-state index in [0.29, 0.717) is 5.92 Å². The van der Waals surface area contributed by atoms with Gasteiger partial charge in [-0.2, -0.15) is 0 Å². The molecular weight excluding hydrogens is 242 g/mol. The van der Waals surface area contributed by atoms with Gasteiger partial charge < -0.3 is 9.67 Å². The number of aromatic nitrogens is 3. The molecule has 3 rings (SSSR count). The zero-order valence-electron chi connectivity index (χ0n) is 10.7. The molecule has 5 heteroatoms. The van der Waals surface area contributed by atoms with Gasteiger partial charge in [0.15, 0.2) is 5.82 Å². The van der Waals surface area contributed by atoms with Gasteiger partial charge in [0.05, 0.1) is 5.56 Å². The van der Waals surface area contributed by atoms with Crippen molar-refractivity contribution >= 4 is 5.97 Å². The summed E-state index contributed by atoms with van der Waals surface area (Å²) in [5.41, 5.74) is 1.09. The maximum absolute atomic E-state index is 11.0. The predicted octanol–water partition coefficient (Wildman–Crippen LogP) is 2.23. The highest BCUT2D eigenvalue weighted by Gasteiger charge is 2.21. The van der Waals surface area contributed by atoms with Crippen molar-refractivity contribution in [2.24, 2.45) is 5.92 Å². The highest BCUT2D eigenvalue weighted by Crippen LogP contribution is 2.25. The van der Waals surface area contributed by atoms with Crippen LogP contribution < -0.4 is 0 Å². The van der Waals surface area contributed by atoms with E-state index in [-0.39, 0.29) is 5.56 Å². The van der Waals surface area contributed by atoms with Crippen molar-refractivity contribution in [3.05, 3.63) is 35.7 Å². The third-order valence-electron chi connectivity index (χ3n) is 3.55. The van der Waals surface area contributed by atoms with Crippen molar-refractivity contribution in [2.75, 3.05) is 0 Å². The summed E-state index contributed by atoms with van der Waals surface area (Å²) in [6, 6.07) is 6.86. The molecule has 98 valence electrons. The molecule has 1 aliphatic rings. The molecule has 1 aliphatic heterocycles. The number of carboxylic acids is 1. The standard InChI is InChI=1S/C14H15N3O2/c1-9-5-6-12-15-16-13(17(12)8-9)10-3-2-4-11(7-10)14(18)19/h2-4,7,9H,5-6,8H2,1H3,(H,18,19). The number of carboxylic acid groups (broad SMARTS) is 1. The van der Waals surface area contributed by atoms with Crippen molar-refractivity contribution in [3.63, 3.8) is 0 Å². The van der Waals surface area contributed by atoms with Gasteiger partial charge in [-0.15, -0.1) is 10.2 Å². The molecule has 19 heavy (non-hydrogen) atoms. The van der Waals surface area contributed by atoms with Gasteiger partial charge in [-0.1, -0.05) is 19.1 Å². The normalized spacial score (nSPS) is 18.1. The van der Waals surface area contributed by atoms with Crippen LogP contribution >= 0.6 is 0 Å². The van der Waals surface area contributed by atoms with Crippen molar-refractivity contribution in [1.29, 1.82) is 0 Å². The highest BCUT2D eigenvalue weighted by atomic mass is 16.4. The van der Waals surface area contributed by atoms with Gasteiger partial charge in [-0.25, -0.2) is 4.79 Å². The summed E-state index contributed by atoms with van der Waals surface area (Å²) >= 11 is 0. The van der Waals surface area contributed by atoms with E-state index in [2.05, 4.69) is 21.7 Å². The molecule has 1 unspecified atom stereocenters. The molecule has 1 atom stereocenters. The molecular formula is C14H15N3O2. The minimum atomic E-state index is -0.923. The fourth-order valence-electron chi connectivity index (χ4n) is 2.50. The Kier molecular flexibility index (Phi) is 2.81. The van der Waals surface area contributed by atoms with Crippen molar-refractivity contribution in [3.8, 4) is 11.4 Å². The van der Waals surface area contributed by atoms with Crippen LogP contribution in [0.15, 0.2) is 24.3 Å². The maximum atomic E-state index is 11.0. The van der Waals surface area contributed by atoms with Crippen LogP contribution in [0.3, 0.4) is 0 Å². The first-order valence-electron chi connectivity index (χ1n) is 6.41. The first kappa shape index (κ1) is 11.9. The Hall–Kier alpha value is -2.17. The first-order chi connectivity index (χ1) is 9.15. The van der Waals surface area contributed by atoms with E-state index in [4.69, 9.17) is 5.11 Å². The summed E-state index contributed by atoms with van der Waals surface area (Å²) in [5, 5.41) is 17.5. The second-order valence-corrected chi connectivity index (χ2v) is 5.08. The van der Waals surface area contributed by atoms with Crippen LogP contribution in [0.4, 0.5) is 0 Å². The number of aromatic carboxylic acids is 1. The topological polar surface area (TPSA) is 68.0 Å². The van der Waals surface area contributed by atoms with Crippen LogP contribution in [0.1, 0.15) is 29.5 Å². The van der Waals surface area contributed by atoms with Gasteiger partial charge in [0.25, 0.3) is 0 Å². The smallest absolute Gasteiger partial charge is 0.335 e. The molecule has 0 spiro atoms. The number of hydrogen-bond acceptors (Lipinski definition) is 3. The molecule has 1 N–H and O–H groups in total. The van der Waals surface area contributed by atoms with Crippen LogP contribution in [0, 0.1) is 5.92 Å². The Bertz CT molecular complexity index is 633. The summed E-state index contributed by atoms with van der Waals surface area (Å²) in [5.74, 6) is 1.44. The molecule has 0 amide bonds. The molecule has 0 aliphatic carbocycles. The number of rotatable bonds is 2. The van der Waals surface area contributed by atoms with Gasteiger partial charge in [-0.3, -0.25) is 0 Å². The average molecular weight is 257 g/mol. The zero-order chi connectivity index (χ0) is 13.4. The van der Waals surface area contributed by atoms with Crippen molar-refractivity contribution in [2.45, 2.75) is 26.3 Å². The maximum Gasteiger partial charge on any atom is 0.335 e. The van der Waals surface area contributed by atoms with E-state index in [1.807, 2.05) is 6.07 Å². The van der Waals surface area contributed by atoms with Gasteiger partial charge in [0, 0.05) is 18.5 Å². The average Bonchev–Trinajstić information content (AvgIpc) is 2.81. The molecule has 0 bridgehead atoms. The molecule has 2 heterocycles. The predicted molar refractivity (Wildman–Crippen MR) is 69.9 cm³/mol. The number of fused-ring (bicyclic) bond motifs is 1.